The number of rotatable bonds is 3. The molecule has 0 unspecified atom stereocenters. The zero-order valence-corrected chi connectivity index (χ0v) is 17.5. The van der Waals surface area contributed by atoms with Crippen molar-refractivity contribution >= 4 is 17.3 Å². The van der Waals surface area contributed by atoms with E-state index in [0.29, 0.717) is 0 Å². The Labute approximate surface area is 184 Å². The van der Waals surface area contributed by atoms with Crippen molar-refractivity contribution in [1.29, 1.82) is 0 Å². The van der Waals surface area contributed by atoms with Crippen molar-refractivity contribution in [3.8, 4) is 0 Å². The van der Waals surface area contributed by atoms with Gasteiger partial charge in [-0.05, 0) is 36.3 Å². The van der Waals surface area contributed by atoms with Crippen molar-refractivity contribution in [2.24, 2.45) is 16.9 Å². The van der Waals surface area contributed by atoms with E-state index in [1.165, 1.54) is 26.1 Å². The molecule has 3 aliphatic rings. The summed E-state index contributed by atoms with van der Waals surface area (Å²) in [6.45, 7) is 1.28. The molecule has 2 N–H and O–H groups in total. The van der Waals surface area contributed by atoms with Gasteiger partial charge in [-0.3, -0.25) is 9.80 Å². The molecule has 5 atom stereocenters. The summed E-state index contributed by atoms with van der Waals surface area (Å²) < 4.78 is 85.3. The highest BCUT2D eigenvalue weighted by Crippen LogP contribution is 2.48. The molecule has 1 aromatic rings. The van der Waals surface area contributed by atoms with E-state index in [4.69, 9.17) is 4.74 Å². The lowest BCUT2D eigenvalue weighted by Gasteiger charge is -2.34. The largest absolute Gasteiger partial charge is 0.435 e. The highest BCUT2D eigenvalue weighted by molar-refractivity contribution is 6.01. The number of benzene rings is 1. The minimum Gasteiger partial charge on any atom is -0.390 e. The fourth-order valence-corrected chi connectivity index (χ4v) is 4.79. The number of aryl methyl sites for hydroxylation is 1. The van der Waals surface area contributed by atoms with Crippen LogP contribution in [-0.2, 0) is 15.7 Å². The number of nitrogens with zero attached hydrogens (tertiary/aromatic N) is 2. The van der Waals surface area contributed by atoms with Crippen LogP contribution < -0.4 is 5.32 Å². The van der Waals surface area contributed by atoms with Crippen molar-refractivity contribution in [1.82, 2.24) is 5.01 Å². The summed E-state index contributed by atoms with van der Waals surface area (Å²) in [7, 11) is 1.35. The molecule has 180 valence electrons. The van der Waals surface area contributed by atoms with Crippen LogP contribution in [0.2, 0.25) is 0 Å². The number of fused-ring (bicyclic) bond motifs is 2. The number of halogens is 6. The first-order valence-electron chi connectivity index (χ1n) is 10.2. The number of anilines is 1. The molecule has 0 saturated carbocycles. The highest BCUT2D eigenvalue weighted by atomic mass is 19.4. The van der Waals surface area contributed by atoms with E-state index < -0.39 is 59.7 Å². The summed E-state index contributed by atoms with van der Waals surface area (Å²) >= 11 is 0. The number of hydrazone groups is 1. The molecule has 3 aliphatic heterocycles. The van der Waals surface area contributed by atoms with Crippen molar-refractivity contribution in [2.45, 2.75) is 44.0 Å². The van der Waals surface area contributed by atoms with Crippen LogP contribution in [0.25, 0.3) is 0 Å². The van der Waals surface area contributed by atoms with Crippen molar-refractivity contribution in [3.05, 3.63) is 41.0 Å². The van der Waals surface area contributed by atoms with Gasteiger partial charge in [0, 0.05) is 25.1 Å². The predicted molar refractivity (Wildman–Crippen MR) is 105 cm³/mol. The lowest BCUT2D eigenvalue weighted by Crippen LogP contribution is -2.45. The van der Waals surface area contributed by atoms with E-state index in [-0.39, 0.29) is 29.8 Å². The first-order valence-corrected chi connectivity index (χ1v) is 10.2. The summed E-state index contributed by atoms with van der Waals surface area (Å²) in [6.07, 6.45) is -11.0. The van der Waals surface area contributed by atoms with Crippen LogP contribution in [-0.4, -0.2) is 59.8 Å². The van der Waals surface area contributed by atoms with Gasteiger partial charge in [0.05, 0.1) is 36.3 Å². The molecule has 0 spiro atoms. The summed E-state index contributed by atoms with van der Waals surface area (Å²) in [6, 6.07) is 3.36. The Morgan fingerprint density at radius 2 is 1.91 bits per heavy atom. The number of hydrogen-bond acceptors (Lipinski definition) is 5. The quantitative estimate of drug-likeness (QED) is 0.654. The van der Waals surface area contributed by atoms with Gasteiger partial charge in [0.15, 0.2) is 5.71 Å². The van der Waals surface area contributed by atoms with Crippen LogP contribution in [0.3, 0.4) is 0 Å². The molecule has 2 bridgehead atoms. The van der Waals surface area contributed by atoms with Gasteiger partial charge in [-0.1, -0.05) is 6.07 Å². The molecule has 0 radical (unpaired) electrons. The van der Waals surface area contributed by atoms with Crippen LogP contribution in [0, 0.1) is 18.8 Å². The fourth-order valence-electron chi connectivity index (χ4n) is 4.79. The predicted octanol–water partition coefficient (Wildman–Crippen LogP) is 3.51. The van der Waals surface area contributed by atoms with Crippen LogP contribution >= 0.6 is 0 Å². The molecular weight excluding hydrogens is 456 g/mol. The van der Waals surface area contributed by atoms with Crippen LogP contribution in [0.4, 0.5) is 32.0 Å². The fraction of sp³-hybridized carbons (Fsp3) is 0.524. The van der Waals surface area contributed by atoms with E-state index in [1.807, 2.05) is 0 Å². The maximum Gasteiger partial charge on any atom is 0.435 e. The lowest BCUT2D eigenvalue weighted by molar-refractivity contribution is -0.138. The van der Waals surface area contributed by atoms with Gasteiger partial charge >= 0.3 is 12.4 Å². The molecule has 33 heavy (non-hydrogen) atoms. The Bertz CT molecular complexity index is 1020. The van der Waals surface area contributed by atoms with Gasteiger partial charge in [-0.25, -0.2) is 0 Å². The second-order valence-corrected chi connectivity index (χ2v) is 8.53. The molecule has 0 aliphatic carbocycles. The molecule has 12 heteroatoms. The van der Waals surface area contributed by atoms with Gasteiger partial charge in [0.1, 0.15) is 0 Å². The molecular formula is C21H21F6N3O3. The molecule has 2 fully saturated rings. The standard InChI is InChI=1S/C21H21F6N3O3/c1-9-3-4-11(6-12(9)20(22,23)24)28-19(32)17-14-7-13(31)18(33-14)16(17)10-5-15(21(25,26)27)29-30(2)8-10/h3-6,13-14,16-18,31H,7-8H2,1-2H3,(H,28,32)/t13-,14+,16+,17-,18-/m0/s1. The number of ether oxygens (including phenoxy) is 1. The smallest absolute Gasteiger partial charge is 0.390 e. The van der Waals surface area contributed by atoms with Crippen molar-refractivity contribution in [3.63, 3.8) is 0 Å². The third-order valence-electron chi connectivity index (χ3n) is 6.17. The lowest BCUT2D eigenvalue weighted by atomic mass is 9.73. The first kappa shape index (κ1) is 23.6. The van der Waals surface area contributed by atoms with Crippen molar-refractivity contribution in [2.75, 3.05) is 18.9 Å². The molecule has 1 amide bonds. The summed E-state index contributed by atoms with van der Waals surface area (Å²) in [5.41, 5.74) is -1.94. The summed E-state index contributed by atoms with van der Waals surface area (Å²) in [4.78, 5) is 13.1. The second-order valence-electron chi connectivity index (χ2n) is 8.53. The average Bonchev–Trinajstić information content (AvgIpc) is 3.24. The van der Waals surface area contributed by atoms with Gasteiger partial charge in [0.25, 0.3) is 0 Å². The Morgan fingerprint density at radius 3 is 2.55 bits per heavy atom. The van der Waals surface area contributed by atoms with Gasteiger partial charge in [-0.15, -0.1) is 0 Å². The number of amides is 1. The van der Waals surface area contributed by atoms with Crippen LogP contribution in [0.1, 0.15) is 17.5 Å². The summed E-state index contributed by atoms with van der Waals surface area (Å²) in [5, 5.41) is 17.3. The molecule has 3 heterocycles. The number of nitrogens with one attached hydrogen (secondary N) is 1. The van der Waals surface area contributed by atoms with Gasteiger partial charge in [-0.2, -0.15) is 31.4 Å². The summed E-state index contributed by atoms with van der Waals surface area (Å²) in [5.74, 6) is -2.56. The minimum atomic E-state index is -4.72. The average molecular weight is 477 g/mol. The molecule has 4 rings (SSSR count). The Hall–Kier alpha value is -2.60. The molecule has 0 aromatic heterocycles. The zero-order chi connectivity index (χ0) is 24.3. The minimum absolute atomic E-state index is 0.0147. The number of aliphatic hydroxyl groups is 1. The van der Waals surface area contributed by atoms with E-state index >= 15 is 0 Å². The van der Waals surface area contributed by atoms with Crippen LogP contribution in [0.15, 0.2) is 34.9 Å². The zero-order valence-electron chi connectivity index (χ0n) is 17.5. The number of alkyl halides is 6. The monoisotopic (exact) mass is 477 g/mol. The Morgan fingerprint density at radius 1 is 1.21 bits per heavy atom. The second kappa shape index (κ2) is 8.01. The number of hydrogen-bond donors (Lipinski definition) is 2. The maximum atomic E-state index is 13.3. The number of carbonyl (C=O) groups excluding carboxylic acids is 1. The van der Waals surface area contributed by atoms with Gasteiger partial charge in [0.2, 0.25) is 5.91 Å². The molecule has 6 nitrogen and oxygen atoms in total. The molecule has 2 saturated heterocycles. The third kappa shape index (κ3) is 4.45. The number of aliphatic hydroxyl groups excluding tert-OH is 1. The van der Waals surface area contributed by atoms with Gasteiger partial charge < -0.3 is 15.2 Å². The Balaban J connectivity index is 1.64. The highest BCUT2D eigenvalue weighted by Gasteiger charge is 2.58. The maximum absolute atomic E-state index is 13.3. The van der Waals surface area contributed by atoms with E-state index in [9.17, 15) is 36.2 Å². The number of allylic oxidation sites excluding steroid dienone is 1. The number of carbonyl (C=O) groups is 1. The van der Waals surface area contributed by atoms with E-state index in [2.05, 4.69) is 10.4 Å². The SMILES string of the molecule is Cc1ccc(NC(=O)[C@@H]2[C@@H](C3=CC(C(F)(F)F)=NN(C)C3)[C@H]3O[C@@H]2C[C@@H]3O)cc1C(F)(F)F. The topological polar surface area (TPSA) is 74.2 Å². The number of likely N-dealkylation sites (N-methyl/N-ethyl adjacent to an activating group) is 1. The van der Waals surface area contributed by atoms with Crippen molar-refractivity contribution < 1.29 is 41.0 Å². The third-order valence-corrected chi connectivity index (χ3v) is 6.17. The van der Waals surface area contributed by atoms with E-state index in [0.717, 1.165) is 17.2 Å². The first-order chi connectivity index (χ1) is 15.3. The normalized spacial score (nSPS) is 29.7. The molecule has 1 aromatic carbocycles. The Kier molecular flexibility index (Phi) is 5.72. The van der Waals surface area contributed by atoms with E-state index in [1.54, 1.807) is 0 Å². The van der Waals surface area contributed by atoms with Crippen LogP contribution in [0.5, 0.6) is 0 Å².